The number of amides is 2. The number of nitrogens with zero attached hydrogens (tertiary/aromatic N) is 2. The molecule has 0 spiro atoms. The summed E-state index contributed by atoms with van der Waals surface area (Å²) in [7, 11) is 1.43. The van der Waals surface area contributed by atoms with E-state index in [9.17, 15) is 9.59 Å². The van der Waals surface area contributed by atoms with Gasteiger partial charge in [-0.3, -0.25) is 9.59 Å². The Hall–Kier alpha value is -1.79. The van der Waals surface area contributed by atoms with E-state index in [1.54, 1.807) is 6.92 Å². The number of likely N-dealkylation sites (N-methyl/N-ethyl adjacent to an activating group) is 1. The second kappa shape index (κ2) is 5.84. The van der Waals surface area contributed by atoms with Gasteiger partial charge in [-0.1, -0.05) is 12.1 Å². The minimum atomic E-state index is -0.723. The normalized spacial score (nSPS) is 13.3. The molecule has 0 heterocycles. The lowest BCUT2D eigenvalue weighted by atomic mass is 10.0. The van der Waals surface area contributed by atoms with Crippen LogP contribution in [0.4, 0.5) is 0 Å². The molecule has 0 rings (SSSR count). The standard InChI is InChI=1S/C8H16N4O3/c1-3-5(7(10)11-15)8(14)12(2)4-6(9)13/h5,15H,3-4H2,1-2H3,(H2,9,13)(H2,10,11). The lowest BCUT2D eigenvalue weighted by molar-refractivity contribution is -0.135. The van der Waals surface area contributed by atoms with Gasteiger partial charge in [0.2, 0.25) is 11.8 Å². The summed E-state index contributed by atoms with van der Waals surface area (Å²) >= 11 is 0. The van der Waals surface area contributed by atoms with Crippen molar-refractivity contribution in [1.29, 1.82) is 0 Å². The van der Waals surface area contributed by atoms with Gasteiger partial charge in [0.25, 0.3) is 0 Å². The molecule has 7 nitrogen and oxygen atoms in total. The number of nitrogens with two attached hydrogens (primary N) is 2. The molecule has 0 aliphatic rings. The third-order valence-corrected chi connectivity index (χ3v) is 1.95. The van der Waals surface area contributed by atoms with Crippen molar-refractivity contribution in [2.45, 2.75) is 13.3 Å². The van der Waals surface area contributed by atoms with Crippen LogP contribution >= 0.6 is 0 Å². The van der Waals surface area contributed by atoms with Gasteiger partial charge < -0.3 is 21.6 Å². The number of carbonyl (C=O) groups is 2. The molecule has 0 saturated carbocycles. The summed E-state index contributed by atoms with van der Waals surface area (Å²) in [4.78, 5) is 23.4. The van der Waals surface area contributed by atoms with E-state index in [4.69, 9.17) is 16.7 Å². The first-order valence-electron chi connectivity index (χ1n) is 4.44. The van der Waals surface area contributed by atoms with Crippen LogP contribution < -0.4 is 11.5 Å². The lowest BCUT2D eigenvalue weighted by Gasteiger charge is -2.20. The number of amidine groups is 1. The monoisotopic (exact) mass is 216 g/mol. The van der Waals surface area contributed by atoms with Gasteiger partial charge >= 0.3 is 0 Å². The van der Waals surface area contributed by atoms with Crippen LogP contribution in [0.2, 0.25) is 0 Å². The highest BCUT2D eigenvalue weighted by Gasteiger charge is 2.24. The van der Waals surface area contributed by atoms with Crippen molar-refractivity contribution in [2.24, 2.45) is 22.5 Å². The van der Waals surface area contributed by atoms with E-state index >= 15 is 0 Å². The second-order valence-electron chi connectivity index (χ2n) is 3.15. The summed E-state index contributed by atoms with van der Waals surface area (Å²) < 4.78 is 0. The summed E-state index contributed by atoms with van der Waals surface area (Å²) in [6.07, 6.45) is 0.387. The zero-order valence-electron chi connectivity index (χ0n) is 8.80. The van der Waals surface area contributed by atoms with Gasteiger partial charge in [-0.2, -0.15) is 0 Å². The topological polar surface area (TPSA) is 122 Å². The minimum absolute atomic E-state index is 0.168. The molecule has 5 N–H and O–H groups in total. The van der Waals surface area contributed by atoms with Gasteiger partial charge in [-0.05, 0) is 6.42 Å². The highest BCUT2D eigenvalue weighted by molar-refractivity contribution is 6.02. The number of primary amides is 1. The maximum absolute atomic E-state index is 11.7. The number of hydrogen-bond donors (Lipinski definition) is 3. The van der Waals surface area contributed by atoms with E-state index in [-0.39, 0.29) is 12.4 Å². The van der Waals surface area contributed by atoms with Gasteiger partial charge in [0.05, 0.1) is 12.5 Å². The van der Waals surface area contributed by atoms with Gasteiger partial charge in [-0.25, -0.2) is 0 Å². The number of oxime groups is 1. The maximum Gasteiger partial charge on any atom is 0.237 e. The summed E-state index contributed by atoms with van der Waals surface area (Å²) in [6.45, 7) is 1.53. The molecule has 7 heteroatoms. The molecule has 0 radical (unpaired) electrons. The molecule has 0 aromatic rings. The Balaban J connectivity index is 4.58. The summed E-state index contributed by atoms with van der Waals surface area (Å²) in [6, 6.07) is 0. The molecule has 0 bridgehead atoms. The number of carbonyl (C=O) groups excluding carboxylic acids is 2. The largest absolute Gasteiger partial charge is 0.409 e. The van der Waals surface area contributed by atoms with E-state index in [0.717, 1.165) is 4.90 Å². The first-order chi connectivity index (χ1) is 6.93. The third-order valence-electron chi connectivity index (χ3n) is 1.95. The Kier molecular flexibility index (Phi) is 5.14. The van der Waals surface area contributed by atoms with Crippen molar-refractivity contribution in [3.05, 3.63) is 0 Å². The van der Waals surface area contributed by atoms with Crippen LogP contribution in [0.3, 0.4) is 0 Å². The average molecular weight is 216 g/mol. The lowest BCUT2D eigenvalue weighted by Crippen LogP contribution is -2.43. The van der Waals surface area contributed by atoms with E-state index in [0.29, 0.717) is 6.42 Å². The van der Waals surface area contributed by atoms with Crippen LogP contribution in [0.15, 0.2) is 5.16 Å². The highest BCUT2D eigenvalue weighted by atomic mass is 16.4. The predicted octanol–water partition coefficient (Wildman–Crippen LogP) is -1.30. The quantitative estimate of drug-likeness (QED) is 0.229. The smallest absolute Gasteiger partial charge is 0.237 e. The fourth-order valence-corrected chi connectivity index (χ4v) is 1.16. The van der Waals surface area contributed by atoms with Crippen molar-refractivity contribution in [3.63, 3.8) is 0 Å². The molecule has 0 aromatic carbocycles. The third kappa shape index (κ3) is 3.84. The Morgan fingerprint density at radius 1 is 1.47 bits per heavy atom. The van der Waals surface area contributed by atoms with Gasteiger partial charge in [0.15, 0.2) is 5.84 Å². The van der Waals surface area contributed by atoms with E-state index in [2.05, 4.69) is 5.16 Å². The number of hydrogen-bond acceptors (Lipinski definition) is 4. The molecule has 0 aliphatic carbocycles. The molecule has 0 aliphatic heterocycles. The zero-order chi connectivity index (χ0) is 12.0. The van der Waals surface area contributed by atoms with E-state index in [1.165, 1.54) is 7.05 Å². The van der Waals surface area contributed by atoms with Gasteiger partial charge in [0.1, 0.15) is 0 Å². The van der Waals surface area contributed by atoms with Crippen molar-refractivity contribution in [1.82, 2.24) is 4.90 Å². The van der Waals surface area contributed by atoms with Crippen molar-refractivity contribution < 1.29 is 14.8 Å². The van der Waals surface area contributed by atoms with Crippen molar-refractivity contribution in [3.8, 4) is 0 Å². The first kappa shape index (κ1) is 13.2. The summed E-state index contributed by atoms with van der Waals surface area (Å²) in [5, 5.41) is 11.2. The maximum atomic E-state index is 11.7. The molecular formula is C8H16N4O3. The van der Waals surface area contributed by atoms with Crippen LogP contribution in [-0.4, -0.2) is 41.3 Å². The van der Waals surface area contributed by atoms with Crippen LogP contribution in [0, 0.1) is 5.92 Å². The number of rotatable bonds is 5. The van der Waals surface area contributed by atoms with Gasteiger partial charge in [-0.15, -0.1) is 0 Å². The molecular weight excluding hydrogens is 200 g/mol. The van der Waals surface area contributed by atoms with Crippen LogP contribution in [-0.2, 0) is 9.59 Å². The molecule has 15 heavy (non-hydrogen) atoms. The average Bonchev–Trinajstić information content (AvgIpc) is 2.17. The fraction of sp³-hybridized carbons (Fsp3) is 0.625. The highest BCUT2D eigenvalue weighted by Crippen LogP contribution is 2.06. The van der Waals surface area contributed by atoms with Crippen molar-refractivity contribution >= 4 is 17.6 Å². The van der Waals surface area contributed by atoms with E-state index in [1.807, 2.05) is 0 Å². The molecule has 0 aromatic heterocycles. The fourth-order valence-electron chi connectivity index (χ4n) is 1.16. The van der Waals surface area contributed by atoms with Crippen LogP contribution in [0.5, 0.6) is 0 Å². The molecule has 2 amide bonds. The Bertz CT molecular complexity index is 277. The summed E-state index contributed by atoms with van der Waals surface area (Å²) in [5.41, 5.74) is 10.3. The Morgan fingerprint density at radius 2 is 2.00 bits per heavy atom. The predicted molar refractivity (Wildman–Crippen MR) is 54.0 cm³/mol. The van der Waals surface area contributed by atoms with Crippen LogP contribution in [0.1, 0.15) is 13.3 Å². The Morgan fingerprint density at radius 3 is 2.33 bits per heavy atom. The Labute approximate surface area is 87.7 Å². The molecule has 86 valence electrons. The first-order valence-corrected chi connectivity index (χ1v) is 4.44. The SMILES string of the molecule is CCC(C(=O)N(C)CC(N)=O)C(N)=NO. The molecule has 1 unspecified atom stereocenters. The zero-order valence-corrected chi connectivity index (χ0v) is 8.80. The van der Waals surface area contributed by atoms with Crippen molar-refractivity contribution in [2.75, 3.05) is 13.6 Å². The van der Waals surface area contributed by atoms with Gasteiger partial charge in [0, 0.05) is 7.05 Å². The van der Waals surface area contributed by atoms with E-state index < -0.39 is 17.7 Å². The summed E-state index contributed by atoms with van der Waals surface area (Å²) in [5.74, 6) is -1.90. The minimum Gasteiger partial charge on any atom is -0.409 e. The molecule has 1 atom stereocenters. The molecule has 0 fully saturated rings. The molecule has 0 saturated heterocycles. The second-order valence-corrected chi connectivity index (χ2v) is 3.15. The van der Waals surface area contributed by atoms with Crippen LogP contribution in [0.25, 0.3) is 0 Å².